The van der Waals surface area contributed by atoms with Gasteiger partial charge in [0.2, 0.25) is 6.79 Å². The van der Waals surface area contributed by atoms with Crippen LogP contribution in [0.1, 0.15) is 13.8 Å². The molecule has 0 bridgehead atoms. The summed E-state index contributed by atoms with van der Waals surface area (Å²) < 4.78 is 10.1. The molecule has 0 radical (unpaired) electrons. The smallest absolute Gasteiger partial charge is 0.516 e. The third-order valence-corrected chi connectivity index (χ3v) is 1.22. The van der Waals surface area contributed by atoms with Gasteiger partial charge in [0.15, 0.2) is 0 Å². The van der Waals surface area contributed by atoms with E-state index in [1.807, 2.05) is 19.9 Å². The summed E-state index contributed by atoms with van der Waals surface area (Å²) in [6, 6.07) is 8.29. The minimum absolute atomic E-state index is 0. The van der Waals surface area contributed by atoms with Crippen LogP contribution < -0.4 is 60.9 Å². The number of benzene rings is 1. The van der Waals surface area contributed by atoms with E-state index >= 15 is 0 Å². The Morgan fingerprint density at radius 3 is 2.58 bits per heavy atom. The Morgan fingerprint density at radius 2 is 1.92 bits per heavy atom. The van der Waals surface area contributed by atoms with Crippen molar-refractivity contribution in [3.63, 3.8) is 0 Å². The molecule has 1 aliphatic heterocycles. The second-order valence-electron chi connectivity index (χ2n) is 1.78. The Morgan fingerprint density at radius 1 is 1.25 bits per heavy atom. The maximum absolute atomic E-state index is 5.06. The molecule has 0 unspecified atom stereocenters. The monoisotopic (exact) mass is 190 g/mol. The van der Waals surface area contributed by atoms with Crippen LogP contribution in [0.5, 0.6) is 11.5 Å². The van der Waals surface area contributed by atoms with Gasteiger partial charge in [-0.15, -0.1) is 12.1 Å². The zero-order chi connectivity index (χ0) is 8.10. The van der Waals surface area contributed by atoms with E-state index in [1.165, 1.54) is 0 Å². The molecule has 1 aliphatic rings. The summed E-state index contributed by atoms with van der Waals surface area (Å²) in [6.45, 7) is 4.34. The molecule has 2 rings (SSSR count). The van der Waals surface area contributed by atoms with Crippen molar-refractivity contribution in [2.45, 2.75) is 13.8 Å². The topological polar surface area (TPSA) is 18.5 Å². The number of hydrogen-bond acceptors (Lipinski definition) is 2. The van der Waals surface area contributed by atoms with Gasteiger partial charge in [-0.3, -0.25) is 0 Å². The summed E-state index contributed by atoms with van der Waals surface area (Å²) in [6.07, 6.45) is 0. The van der Waals surface area contributed by atoms with Crippen molar-refractivity contribution < 1.29 is 60.9 Å². The third-order valence-electron chi connectivity index (χ3n) is 1.22. The van der Waals surface area contributed by atoms with Crippen LogP contribution >= 0.6 is 0 Å². The molecule has 0 amide bonds. The van der Waals surface area contributed by atoms with Gasteiger partial charge in [0, 0.05) is 0 Å². The van der Waals surface area contributed by atoms with E-state index in [0.29, 0.717) is 6.79 Å². The number of hydrogen-bond donors (Lipinski definition) is 0. The van der Waals surface area contributed by atoms with Gasteiger partial charge in [-0.2, -0.15) is 12.1 Å². The zero-order valence-corrected chi connectivity index (χ0v) is 10.9. The van der Waals surface area contributed by atoms with E-state index in [-0.39, 0.29) is 51.4 Å². The van der Waals surface area contributed by atoms with Gasteiger partial charge < -0.3 is 9.47 Å². The van der Waals surface area contributed by atoms with Gasteiger partial charge in [-0.25, -0.2) is 0 Å². The second-order valence-corrected chi connectivity index (χ2v) is 1.78. The van der Waals surface area contributed by atoms with Gasteiger partial charge in [0.25, 0.3) is 0 Å². The minimum atomic E-state index is 0. The number of ether oxygens (including phenoxy) is 2. The van der Waals surface area contributed by atoms with Gasteiger partial charge >= 0.3 is 51.4 Å². The first-order valence-corrected chi connectivity index (χ1v) is 3.72. The molecule has 0 aliphatic carbocycles. The summed E-state index contributed by atoms with van der Waals surface area (Å²) in [7, 11) is 0. The van der Waals surface area contributed by atoms with Crippen molar-refractivity contribution in [3.05, 3.63) is 24.3 Å². The molecule has 0 saturated heterocycles. The molecule has 2 nitrogen and oxygen atoms in total. The standard InChI is InChI=1S/C7H5O2.C2H6.K/c1-2-4-7-6(3-1)8-5-9-7;1-2;/h1,3-4H,5H2;1-2H3;/q-1;;+1. The molecule has 0 atom stereocenters. The van der Waals surface area contributed by atoms with Crippen molar-refractivity contribution in [2.75, 3.05) is 6.79 Å². The van der Waals surface area contributed by atoms with Crippen molar-refractivity contribution >= 4 is 0 Å². The van der Waals surface area contributed by atoms with E-state index in [4.69, 9.17) is 9.47 Å². The number of fused-ring (bicyclic) bond motifs is 1. The van der Waals surface area contributed by atoms with Crippen LogP contribution in [0, 0.1) is 6.07 Å². The van der Waals surface area contributed by atoms with Gasteiger partial charge in [0.1, 0.15) is 0 Å². The van der Waals surface area contributed by atoms with Crippen molar-refractivity contribution in [1.29, 1.82) is 0 Å². The molecule has 1 aromatic carbocycles. The first kappa shape index (κ1) is 12.5. The van der Waals surface area contributed by atoms with E-state index in [0.717, 1.165) is 11.5 Å². The Labute approximate surface area is 116 Å². The summed E-state index contributed by atoms with van der Waals surface area (Å²) >= 11 is 0. The predicted octanol–water partition coefficient (Wildman–Crippen LogP) is -0.754. The summed E-state index contributed by atoms with van der Waals surface area (Å²) in [4.78, 5) is 0. The van der Waals surface area contributed by atoms with Crippen molar-refractivity contribution in [1.82, 2.24) is 0 Å². The first-order valence-electron chi connectivity index (χ1n) is 3.72. The Balaban J connectivity index is 0.000000378. The molecule has 0 spiro atoms. The normalized spacial score (nSPS) is 10.8. The van der Waals surface area contributed by atoms with Crippen LogP contribution in [0.25, 0.3) is 0 Å². The van der Waals surface area contributed by atoms with Crippen LogP contribution in [-0.2, 0) is 0 Å². The Bertz CT molecular complexity index is 203. The Hall–Kier alpha value is 0.456. The van der Waals surface area contributed by atoms with Gasteiger partial charge in [-0.05, 0) is 0 Å². The van der Waals surface area contributed by atoms with E-state index < -0.39 is 0 Å². The zero-order valence-electron chi connectivity index (χ0n) is 7.76. The molecule has 0 aromatic heterocycles. The molecule has 0 saturated carbocycles. The fourth-order valence-electron chi connectivity index (χ4n) is 0.789. The average Bonchev–Trinajstić information content (AvgIpc) is 2.55. The molecular weight excluding hydrogens is 179 g/mol. The SMILES string of the molecule is CC.[K+].[c-]1ccc2c(c1)OCO2. The first-order chi connectivity index (χ1) is 5.47. The quantitative estimate of drug-likeness (QED) is 0.396. The summed E-state index contributed by atoms with van der Waals surface area (Å²) in [5.41, 5.74) is 0. The maximum Gasteiger partial charge on any atom is 1.00 e. The predicted molar refractivity (Wildman–Crippen MR) is 42.7 cm³/mol. The molecular formula is C9H11KO2. The Kier molecular flexibility index (Phi) is 7.18. The van der Waals surface area contributed by atoms with Crippen LogP contribution in [-0.4, -0.2) is 6.79 Å². The molecule has 1 heterocycles. The van der Waals surface area contributed by atoms with Crippen LogP contribution in [0.4, 0.5) is 0 Å². The largest absolute Gasteiger partial charge is 1.00 e. The third kappa shape index (κ3) is 3.07. The molecule has 0 fully saturated rings. The van der Waals surface area contributed by atoms with E-state index in [1.54, 1.807) is 12.1 Å². The van der Waals surface area contributed by atoms with Crippen molar-refractivity contribution in [3.8, 4) is 11.5 Å². The van der Waals surface area contributed by atoms with Crippen LogP contribution in [0.15, 0.2) is 18.2 Å². The fraction of sp³-hybridized carbons (Fsp3) is 0.333. The maximum atomic E-state index is 5.06. The van der Waals surface area contributed by atoms with E-state index in [9.17, 15) is 0 Å². The molecule has 12 heavy (non-hydrogen) atoms. The molecule has 0 N–H and O–H groups in total. The fourth-order valence-corrected chi connectivity index (χ4v) is 0.789. The average molecular weight is 190 g/mol. The van der Waals surface area contributed by atoms with Gasteiger partial charge in [-0.1, -0.05) is 13.8 Å². The molecule has 60 valence electrons. The minimum Gasteiger partial charge on any atom is -0.516 e. The van der Waals surface area contributed by atoms with Crippen LogP contribution in [0.3, 0.4) is 0 Å². The molecule has 3 heteroatoms. The summed E-state index contributed by atoms with van der Waals surface area (Å²) in [5.74, 6) is 1.60. The number of rotatable bonds is 0. The van der Waals surface area contributed by atoms with Gasteiger partial charge in [0.05, 0.1) is 11.5 Å². The summed E-state index contributed by atoms with van der Waals surface area (Å²) in [5, 5.41) is 0. The second kappa shape index (κ2) is 6.92. The molecule has 1 aromatic rings. The van der Waals surface area contributed by atoms with E-state index in [2.05, 4.69) is 6.07 Å². The van der Waals surface area contributed by atoms with Crippen molar-refractivity contribution in [2.24, 2.45) is 0 Å². The van der Waals surface area contributed by atoms with Crippen LogP contribution in [0.2, 0.25) is 0 Å².